The Kier molecular flexibility index (Phi) is 5.03. The van der Waals surface area contributed by atoms with Gasteiger partial charge in [-0.15, -0.1) is 16.5 Å². The minimum atomic E-state index is -0.967. The summed E-state index contributed by atoms with van der Waals surface area (Å²) in [4.78, 5) is 20.7. The second-order valence-electron chi connectivity index (χ2n) is 1.85. The van der Waals surface area contributed by atoms with Gasteiger partial charge in [-0.2, -0.15) is 0 Å². The number of esters is 1. The SMILES string of the molecule is C/C(O)=C(\N=O)C(=O)OCCCl. The van der Waals surface area contributed by atoms with E-state index in [0.29, 0.717) is 0 Å². The molecule has 0 aliphatic rings. The van der Waals surface area contributed by atoms with Gasteiger partial charge in [-0.1, -0.05) is 0 Å². The summed E-state index contributed by atoms with van der Waals surface area (Å²) < 4.78 is 4.42. The van der Waals surface area contributed by atoms with Gasteiger partial charge in [-0.25, -0.2) is 4.79 Å². The number of nitrogens with zero attached hydrogens (tertiary/aromatic N) is 1. The topological polar surface area (TPSA) is 76.0 Å². The summed E-state index contributed by atoms with van der Waals surface area (Å²) in [5.74, 6) is -1.31. The molecule has 0 aliphatic heterocycles. The van der Waals surface area contributed by atoms with E-state index in [0.717, 1.165) is 0 Å². The summed E-state index contributed by atoms with van der Waals surface area (Å²) in [5.41, 5.74) is -0.625. The molecule has 0 fully saturated rings. The number of rotatable bonds is 4. The molecule has 12 heavy (non-hydrogen) atoms. The first kappa shape index (κ1) is 10.9. The number of halogens is 1. The summed E-state index contributed by atoms with van der Waals surface area (Å²) in [5, 5.41) is 11.0. The highest BCUT2D eigenvalue weighted by Gasteiger charge is 2.14. The van der Waals surface area contributed by atoms with E-state index in [1.807, 2.05) is 0 Å². The van der Waals surface area contributed by atoms with Gasteiger partial charge in [0.25, 0.3) is 0 Å². The van der Waals surface area contributed by atoms with Gasteiger partial charge in [0.05, 0.1) is 5.88 Å². The summed E-state index contributed by atoms with van der Waals surface area (Å²) in [6, 6.07) is 0. The molecule has 5 nitrogen and oxygen atoms in total. The van der Waals surface area contributed by atoms with Crippen LogP contribution in [-0.2, 0) is 9.53 Å². The van der Waals surface area contributed by atoms with Gasteiger partial charge in [-0.3, -0.25) is 0 Å². The van der Waals surface area contributed by atoms with Crippen molar-refractivity contribution in [2.45, 2.75) is 6.92 Å². The third-order valence-corrected chi connectivity index (χ3v) is 1.09. The quantitative estimate of drug-likeness (QED) is 0.240. The van der Waals surface area contributed by atoms with Crippen LogP contribution in [0.4, 0.5) is 0 Å². The monoisotopic (exact) mass is 193 g/mol. The van der Waals surface area contributed by atoms with Gasteiger partial charge in [0.2, 0.25) is 5.70 Å². The number of carbonyl (C=O) groups excluding carboxylic acids is 1. The van der Waals surface area contributed by atoms with E-state index in [4.69, 9.17) is 16.7 Å². The summed E-state index contributed by atoms with van der Waals surface area (Å²) in [7, 11) is 0. The molecular formula is C6H8ClNO4. The van der Waals surface area contributed by atoms with Gasteiger partial charge in [0.1, 0.15) is 12.4 Å². The van der Waals surface area contributed by atoms with E-state index in [-0.39, 0.29) is 12.5 Å². The maximum absolute atomic E-state index is 10.8. The van der Waals surface area contributed by atoms with E-state index in [2.05, 4.69) is 9.91 Å². The Bertz CT molecular complexity index is 210. The van der Waals surface area contributed by atoms with E-state index in [9.17, 15) is 9.70 Å². The average molecular weight is 194 g/mol. The van der Waals surface area contributed by atoms with Gasteiger partial charge in [-0.05, 0) is 12.1 Å². The number of carbonyl (C=O) groups is 1. The number of nitroso groups, excluding NO2 is 1. The van der Waals surface area contributed by atoms with Crippen LogP contribution in [0.2, 0.25) is 0 Å². The minimum Gasteiger partial charge on any atom is -0.510 e. The Morgan fingerprint density at radius 3 is 2.58 bits per heavy atom. The first-order valence-electron chi connectivity index (χ1n) is 3.09. The van der Waals surface area contributed by atoms with Crippen molar-refractivity contribution < 1.29 is 14.6 Å². The zero-order valence-electron chi connectivity index (χ0n) is 6.41. The van der Waals surface area contributed by atoms with E-state index >= 15 is 0 Å². The van der Waals surface area contributed by atoms with Gasteiger partial charge >= 0.3 is 5.97 Å². The van der Waals surface area contributed by atoms with Crippen molar-refractivity contribution >= 4 is 17.6 Å². The number of alkyl halides is 1. The first-order valence-corrected chi connectivity index (χ1v) is 3.63. The van der Waals surface area contributed by atoms with Crippen LogP contribution in [-0.4, -0.2) is 23.6 Å². The number of hydrogen-bond donors (Lipinski definition) is 1. The third kappa shape index (κ3) is 3.34. The minimum absolute atomic E-state index is 0.0211. The smallest absolute Gasteiger partial charge is 0.364 e. The van der Waals surface area contributed by atoms with Crippen LogP contribution in [0.25, 0.3) is 0 Å². The predicted octanol–water partition coefficient (Wildman–Crippen LogP) is 1.32. The molecule has 0 atom stereocenters. The molecule has 0 aromatic carbocycles. The highest BCUT2D eigenvalue weighted by atomic mass is 35.5. The third-order valence-electron chi connectivity index (χ3n) is 0.938. The van der Waals surface area contributed by atoms with Crippen LogP contribution < -0.4 is 0 Å². The van der Waals surface area contributed by atoms with Crippen molar-refractivity contribution in [3.8, 4) is 0 Å². The Labute approximate surface area is 73.9 Å². The Morgan fingerprint density at radius 1 is 1.67 bits per heavy atom. The largest absolute Gasteiger partial charge is 0.510 e. The molecule has 0 saturated carbocycles. The molecule has 0 heterocycles. The Balaban J connectivity index is 4.25. The van der Waals surface area contributed by atoms with Gasteiger partial charge in [0.15, 0.2) is 0 Å². The highest BCUT2D eigenvalue weighted by molar-refractivity contribution is 6.18. The van der Waals surface area contributed by atoms with Crippen molar-refractivity contribution in [1.82, 2.24) is 0 Å². The fourth-order valence-corrected chi connectivity index (χ4v) is 0.528. The van der Waals surface area contributed by atoms with Crippen LogP contribution in [0.1, 0.15) is 6.92 Å². The lowest BCUT2D eigenvalue weighted by molar-refractivity contribution is -0.138. The maximum atomic E-state index is 10.8. The molecule has 0 rings (SSSR count). The zero-order valence-corrected chi connectivity index (χ0v) is 7.17. The molecule has 0 spiro atoms. The maximum Gasteiger partial charge on any atom is 0.364 e. The number of ether oxygens (including phenoxy) is 1. The van der Waals surface area contributed by atoms with E-state index < -0.39 is 17.4 Å². The Hall–Kier alpha value is -1.10. The van der Waals surface area contributed by atoms with E-state index in [1.165, 1.54) is 6.92 Å². The fourth-order valence-electron chi connectivity index (χ4n) is 0.451. The lowest BCUT2D eigenvalue weighted by atomic mass is 10.4. The van der Waals surface area contributed by atoms with E-state index in [1.54, 1.807) is 0 Å². The molecule has 1 N–H and O–H groups in total. The fraction of sp³-hybridized carbons (Fsp3) is 0.500. The van der Waals surface area contributed by atoms with Crippen LogP contribution in [0.15, 0.2) is 16.6 Å². The van der Waals surface area contributed by atoms with Crippen molar-refractivity contribution in [2.24, 2.45) is 5.18 Å². The lowest BCUT2D eigenvalue weighted by Gasteiger charge is -2.00. The van der Waals surface area contributed by atoms with Gasteiger partial charge in [0, 0.05) is 0 Å². The molecule has 0 saturated heterocycles. The van der Waals surface area contributed by atoms with Crippen molar-refractivity contribution in [1.29, 1.82) is 0 Å². The molecule has 0 aromatic rings. The lowest BCUT2D eigenvalue weighted by Crippen LogP contribution is -2.09. The van der Waals surface area contributed by atoms with Crippen LogP contribution in [0.5, 0.6) is 0 Å². The molecule has 0 unspecified atom stereocenters. The number of aliphatic hydroxyl groups is 1. The molecular weight excluding hydrogens is 186 g/mol. The summed E-state index contributed by atoms with van der Waals surface area (Å²) in [6.07, 6.45) is 0. The van der Waals surface area contributed by atoms with Gasteiger partial charge < -0.3 is 9.84 Å². The molecule has 0 aromatic heterocycles. The standard InChI is InChI=1S/C6H8ClNO4/c1-4(9)5(8-11)6(10)12-3-2-7/h9H,2-3H2,1H3/b5-4+. The zero-order chi connectivity index (χ0) is 9.56. The molecule has 0 bridgehead atoms. The molecule has 0 aliphatic carbocycles. The average Bonchev–Trinajstić information content (AvgIpc) is 2.01. The second-order valence-corrected chi connectivity index (χ2v) is 2.23. The Morgan fingerprint density at radius 2 is 2.25 bits per heavy atom. The number of aliphatic hydroxyl groups excluding tert-OH is 1. The van der Waals surface area contributed by atoms with Crippen LogP contribution in [0.3, 0.4) is 0 Å². The molecule has 68 valence electrons. The van der Waals surface area contributed by atoms with Crippen molar-refractivity contribution in [3.63, 3.8) is 0 Å². The number of hydrogen-bond acceptors (Lipinski definition) is 5. The van der Waals surface area contributed by atoms with Crippen LogP contribution in [0, 0.1) is 4.91 Å². The summed E-state index contributed by atoms with van der Waals surface area (Å²) >= 11 is 5.21. The molecule has 0 amide bonds. The summed E-state index contributed by atoms with van der Waals surface area (Å²) in [6.45, 7) is 1.14. The second kappa shape index (κ2) is 5.54. The van der Waals surface area contributed by atoms with Crippen LogP contribution >= 0.6 is 11.6 Å². The molecule has 6 heteroatoms. The van der Waals surface area contributed by atoms with Crippen molar-refractivity contribution in [2.75, 3.05) is 12.5 Å². The predicted molar refractivity (Wildman–Crippen MR) is 42.8 cm³/mol. The highest BCUT2D eigenvalue weighted by Crippen LogP contribution is 2.04. The molecule has 0 radical (unpaired) electrons. The van der Waals surface area contributed by atoms with Crippen molar-refractivity contribution in [3.05, 3.63) is 16.4 Å². The normalized spacial score (nSPS) is 11.8. The first-order chi connectivity index (χ1) is 5.63. The number of allylic oxidation sites excluding steroid dienone is 1.